The lowest BCUT2D eigenvalue weighted by atomic mass is 10.2. The van der Waals surface area contributed by atoms with E-state index in [0.29, 0.717) is 5.92 Å². The van der Waals surface area contributed by atoms with Crippen LogP contribution in [0.2, 0.25) is 0 Å². The summed E-state index contributed by atoms with van der Waals surface area (Å²) in [5, 5.41) is 3.48. The van der Waals surface area contributed by atoms with Gasteiger partial charge < -0.3 is 15.1 Å². The number of hydrogen-bond acceptors (Lipinski definition) is 6. The molecule has 0 spiro atoms. The molecule has 1 fully saturated rings. The lowest BCUT2D eigenvalue weighted by molar-refractivity contribution is 0.311. The fraction of sp³-hybridized carbons (Fsp3) is 0.733. The van der Waals surface area contributed by atoms with Gasteiger partial charge in [-0.2, -0.15) is 11.8 Å². The van der Waals surface area contributed by atoms with Crippen molar-refractivity contribution in [2.45, 2.75) is 13.5 Å². The molecule has 0 bridgehead atoms. The molecule has 1 atom stereocenters. The predicted octanol–water partition coefficient (Wildman–Crippen LogP) is 1.32. The Hall–Kier alpha value is -0.850. The number of nitrogens with zero attached hydrogens (tertiary/aromatic N) is 4. The monoisotopic (exact) mass is 309 g/mol. The highest BCUT2D eigenvalue weighted by Crippen LogP contribution is 2.10. The Morgan fingerprint density at radius 2 is 1.90 bits per heavy atom. The first-order valence-electron chi connectivity index (χ1n) is 7.63. The van der Waals surface area contributed by atoms with E-state index in [1.165, 1.54) is 5.75 Å². The van der Waals surface area contributed by atoms with Crippen LogP contribution >= 0.6 is 11.8 Å². The second kappa shape index (κ2) is 8.56. The lowest BCUT2D eigenvalue weighted by Gasteiger charge is -2.32. The minimum absolute atomic E-state index is 0.700. The van der Waals surface area contributed by atoms with E-state index >= 15 is 0 Å². The van der Waals surface area contributed by atoms with E-state index in [9.17, 15) is 0 Å². The Bertz CT molecular complexity index is 403. The van der Waals surface area contributed by atoms with E-state index in [1.54, 1.807) is 0 Å². The van der Waals surface area contributed by atoms with Crippen LogP contribution in [0.4, 0.5) is 5.95 Å². The van der Waals surface area contributed by atoms with Crippen LogP contribution in [0.25, 0.3) is 0 Å². The molecule has 1 N–H and O–H groups in total. The zero-order valence-electron chi connectivity index (χ0n) is 13.4. The number of aromatic nitrogens is 2. The zero-order valence-corrected chi connectivity index (χ0v) is 14.2. The molecule has 1 aliphatic heterocycles. The highest BCUT2D eigenvalue weighted by atomic mass is 32.2. The SMILES string of the molecule is CSC[C@@H](C)CNCc1cnc(N2CCN(C)CC2)nc1. The Balaban J connectivity index is 1.76. The zero-order chi connectivity index (χ0) is 15.1. The van der Waals surface area contributed by atoms with Gasteiger partial charge >= 0.3 is 0 Å². The maximum Gasteiger partial charge on any atom is 0.225 e. The molecule has 0 unspecified atom stereocenters. The van der Waals surface area contributed by atoms with Crippen LogP contribution in [0, 0.1) is 5.92 Å². The first-order valence-corrected chi connectivity index (χ1v) is 9.02. The van der Waals surface area contributed by atoms with Gasteiger partial charge in [0.2, 0.25) is 5.95 Å². The van der Waals surface area contributed by atoms with Gasteiger partial charge in [0.15, 0.2) is 0 Å². The Morgan fingerprint density at radius 1 is 1.24 bits per heavy atom. The number of likely N-dealkylation sites (N-methyl/N-ethyl adjacent to an activating group) is 1. The molecule has 2 rings (SSSR count). The minimum Gasteiger partial charge on any atom is -0.338 e. The largest absolute Gasteiger partial charge is 0.338 e. The van der Waals surface area contributed by atoms with E-state index < -0.39 is 0 Å². The highest BCUT2D eigenvalue weighted by molar-refractivity contribution is 7.98. The van der Waals surface area contributed by atoms with Crippen molar-refractivity contribution < 1.29 is 0 Å². The molecule has 0 radical (unpaired) electrons. The molecule has 5 nitrogen and oxygen atoms in total. The highest BCUT2D eigenvalue weighted by Gasteiger charge is 2.15. The van der Waals surface area contributed by atoms with Gasteiger partial charge in [0, 0.05) is 50.7 Å². The third-order valence-electron chi connectivity index (χ3n) is 3.75. The average molecular weight is 309 g/mol. The summed E-state index contributed by atoms with van der Waals surface area (Å²) < 4.78 is 0. The van der Waals surface area contributed by atoms with E-state index in [4.69, 9.17) is 0 Å². The van der Waals surface area contributed by atoms with E-state index in [1.807, 2.05) is 24.2 Å². The van der Waals surface area contributed by atoms with Crippen molar-refractivity contribution in [2.75, 3.05) is 56.7 Å². The Kier molecular flexibility index (Phi) is 6.73. The summed E-state index contributed by atoms with van der Waals surface area (Å²) in [6.45, 7) is 8.36. The van der Waals surface area contributed by atoms with E-state index in [-0.39, 0.29) is 0 Å². The van der Waals surface area contributed by atoms with Gasteiger partial charge in [0.25, 0.3) is 0 Å². The van der Waals surface area contributed by atoms with E-state index in [2.05, 4.69) is 45.3 Å². The fourth-order valence-electron chi connectivity index (χ4n) is 2.42. The number of anilines is 1. The molecular formula is C15H27N5S. The van der Waals surface area contributed by atoms with Crippen molar-refractivity contribution in [3.63, 3.8) is 0 Å². The lowest BCUT2D eigenvalue weighted by Crippen LogP contribution is -2.45. The van der Waals surface area contributed by atoms with Gasteiger partial charge in [-0.15, -0.1) is 0 Å². The predicted molar refractivity (Wildman–Crippen MR) is 91.0 cm³/mol. The molecule has 1 aromatic heterocycles. The second-order valence-electron chi connectivity index (χ2n) is 5.87. The molecule has 1 aromatic rings. The standard InChI is InChI=1S/C15H27N5S/c1-13(12-21-3)8-16-9-14-10-17-15(18-11-14)20-6-4-19(2)5-7-20/h10-11,13,16H,4-9,12H2,1-3H3/t13-/m0/s1. The number of thioether (sulfide) groups is 1. The van der Waals surface area contributed by atoms with Crippen LogP contribution in [0.5, 0.6) is 0 Å². The third kappa shape index (κ3) is 5.45. The molecule has 118 valence electrons. The average Bonchev–Trinajstić information content (AvgIpc) is 2.49. The van der Waals surface area contributed by atoms with Crippen LogP contribution in [0.3, 0.4) is 0 Å². The molecule has 0 amide bonds. The van der Waals surface area contributed by atoms with Crippen molar-refractivity contribution in [1.82, 2.24) is 20.2 Å². The molecular weight excluding hydrogens is 282 g/mol. The topological polar surface area (TPSA) is 44.3 Å². The van der Waals surface area contributed by atoms with Crippen LogP contribution in [-0.2, 0) is 6.54 Å². The number of hydrogen-bond donors (Lipinski definition) is 1. The molecule has 0 aliphatic carbocycles. The van der Waals surface area contributed by atoms with Crippen molar-refractivity contribution >= 4 is 17.7 Å². The van der Waals surface area contributed by atoms with Crippen molar-refractivity contribution in [3.8, 4) is 0 Å². The summed E-state index contributed by atoms with van der Waals surface area (Å²) in [5.41, 5.74) is 1.16. The smallest absolute Gasteiger partial charge is 0.225 e. The van der Waals surface area contributed by atoms with Crippen molar-refractivity contribution in [1.29, 1.82) is 0 Å². The molecule has 0 saturated carbocycles. The number of piperazine rings is 1. The number of nitrogens with one attached hydrogen (secondary N) is 1. The van der Waals surface area contributed by atoms with Crippen molar-refractivity contribution in [3.05, 3.63) is 18.0 Å². The number of rotatable bonds is 7. The molecule has 21 heavy (non-hydrogen) atoms. The van der Waals surface area contributed by atoms with Crippen LogP contribution in [-0.4, -0.2) is 66.6 Å². The van der Waals surface area contributed by atoms with Crippen LogP contribution < -0.4 is 10.2 Å². The Labute approximate surface area is 132 Å². The summed E-state index contributed by atoms with van der Waals surface area (Å²) in [7, 11) is 2.16. The molecule has 1 saturated heterocycles. The molecule has 1 aliphatic rings. The molecule has 0 aromatic carbocycles. The summed E-state index contributed by atoms with van der Waals surface area (Å²) in [6, 6.07) is 0. The van der Waals surface area contributed by atoms with Gasteiger partial charge in [-0.1, -0.05) is 6.92 Å². The summed E-state index contributed by atoms with van der Waals surface area (Å²) in [6.07, 6.45) is 6.06. The van der Waals surface area contributed by atoms with Gasteiger partial charge in [0.05, 0.1) is 0 Å². The van der Waals surface area contributed by atoms with Crippen LogP contribution in [0.15, 0.2) is 12.4 Å². The van der Waals surface area contributed by atoms with Gasteiger partial charge in [-0.3, -0.25) is 0 Å². The molecule has 6 heteroatoms. The maximum atomic E-state index is 4.51. The second-order valence-corrected chi connectivity index (χ2v) is 6.78. The van der Waals surface area contributed by atoms with E-state index in [0.717, 1.165) is 50.8 Å². The maximum absolute atomic E-state index is 4.51. The van der Waals surface area contributed by atoms with Crippen molar-refractivity contribution in [2.24, 2.45) is 5.92 Å². The quantitative estimate of drug-likeness (QED) is 0.819. The first kappa shape index (κ1) is 16.5. The summed E-state index contributed by atoms with van der Waals surface area (Å²) >= 11 is 1.90. The minimum atomic E-state index is 0.700. The summed E-state index contributed by atoms with van der Waals surface area (Å²) in [5.74, 6) is 2.76. The summed E-state index contributed by atoms with van der Waals surface area (Å²) in [4.78, 5) is 13.6. The van der Waals surface area contributed by atoms with Crippen LogP contribution in [0.1, 0.15) is 12.5 Å². The normalized spacial score (nSPS) is 18.0. The Morgan fingerprint density at radius 3 is 2.52 bits per heavy atom. The first-order chi connectivity index (χ1) is 10.2. The molecule has 2 heterocycles. The van der Waals surface area contributed by atoms with Gasteiger partial charge in [-0.05, 0) is 31.5 Å². The fourth-order valence-corrected chi connectivity index (χ4v) is 3.10. The van der Waals surface area contributed by atoms with Gasteiger partial charge in [0.1, 0.15) is 0 Å². The third-order valence-corrected chi connectivity index (χ3v) is 4.65. The van der Waals surface area contributed by atoms with Gasteiger partial charge in [-0.25, -0.2) is 9.97 Å².